The molecule has 0 aromatic carbocycles. The van der Waals surface area contributed by atoms with Gasteiger partial charge in [0.1, 0.15) is 0 Å². The van der Waals surface area contributed by atoms with Crippen molar-refractivity contribution in [2.75, 3.05) is 13.2 Å². The molecular formula is C11H19N3O2. The fourth-order valence-electron chi connectivity index (χ4n) is 1.85. The first-order chi connectivity index (χ1) is 7.81. The molecule has 16 heavy (non-hydrogen) atoms. The Kier molecular flexibility index (Phi) is 3.90. The molecule has 0 aliphatic carbocycles. The summed E-state index contributed by atoms with van der Waals surface area (Å²) in [5, 5.41) is 3.98. The molecule has 1 unspecified atom stereocenters. The molecule has 2 rings (SSSR count). The van der Waals surface area contributed by atoms with Crippen LogP contribution in [0.4, 0.5) is 0 Å². The van der Waals surface area contributed by atoms with Crippen molar-refractivity contribution in [2.45, 2.75) is 44.6 Å². The van der Waals surface area contributed by atoms with Crippen molar-refractivity contribution in [1.29, 1.82) is 0 Å². The van der Waals surface area contributed by atoms with Gasteiger partial charge in [0, 0.05) is 12.5 Å². The minimum atomic E-state index is -0.122. The second kappa shape index (κ2) is 5.41. The predicted molar refractivity (Wildman–Crippen MR) is 58.9 cm³/mol. The van der Waals surface area contributed by atoms with Gasteiger partial charge in [-0.2, -0.15) is 4.98 Å². The van der Waals surface area contributed by atoms with Gasteiger partial charge in [-0.15, -0.1) is 0 Å². The number of unbranched alkanes of at least 4 members (excludes halogenated alkanes) is 1. The topological polar surface area (TPSA) is 74.2 Å². The molecule has 1 aromatic heterocycles. The van der Waals surface area contributed by atoms with Crippen molar-refractivity contribution in [2.24, 2.45) is 5.73 Å². The van der Waals surface area contributed by atoms with Crippen molar-refractivity contribution in [3.63, 3.8) is 0 Å². The Labute approximate surface area is 95.3 Å². The number of rotatable bonds is 5. The molecule has 2 N–H and O–H groups in total. The minimum Gasteiger partial charge on any atom is -0.381 e. The van der Waals surface area contributed by atoms with Gasteiger partial charge in [0.15, 0.2) is 5.82 Å². The summed E-state index contributed by atoms with van der Waals surface area (Å²) in [4.78, 5) is 4.36. The number of aromatic nitrogens is 2. The molecule has 1 aromatic rings. The summed E-state index contributed by atoms with van der Waals surface area (Å²) in [6.45, 7) is 3.63. The van der Waals surface area contributed by atoms with Gasteiger partial charge in [0.25, 0.3) is 0 Å². The van der Waals surface area contributed by atoms with E-state index in [0.29, 0.717) is 12.5 Å². The first kappa shape index (κ1) is 11.5. The normalized spacial score (nSPS) is 22.5. The number of hydrogen-bond donors (Lipinski definition) is 1. The van der Waals surface area contributed by atoms with E-state index in [4.69, 9.17) is 15.0 Å². The van der Waals surface area contributed by atoms with Crippen LogP contribution in [-0.4, -0.2) is 23.4 Å². The molecule has 1 fully saturated rings. The van der Waals surface area contributed by atoms with E-state index in [-0.39, 0.29) is 12.0 Å². The SMILES string of the molecule is CCCC[C@H](N)c1nc(C2CCOC2)no1. The van der Waals surface area contributed by atoms with Crippen LogP contribution in [0.15, 0.2) is 4.52 Å². The molecule has 2 heterocycles. The van der Waals surface area contributed by atoms with Crippen LogP contribution in [0.1, 0.15) is 56.3 Å². The molecule has 5 nitrogen and oxygen atoms in total. The highest BCUT2D eigenvalue weighted by Gasteiger charge is 2.24. The fraction of sp³-hybridized carbons (Fsp3) is 0.818. The van der Waals surface area contributed by atoms with Crippen LogP contribution in [0.5, 0.6) is 0 Å². The molecule has 0 radical (unpaired) electrons. The van der Waals surface area contributed by atoms with E-state index < -0.39 is 0 Å². The molecule has 0 saturated carbocycles. The summed E-state index contributed by atoms with van der Waals surface area (Å²) in [6, 6.07) is -0.122. The van der Waals surface area contributed by atoms with E-state index in [0.717, 1.165) is 38.1 Å². The molecule has 5 heteroatoms. The highest BCUT2D eigenvalue weighted by molar-refractivity contribution is 4.99. The second-order valence-corrected chi connectivity index (χ2v) is 4.30. The number of nitrogens with two attached hydrogens (primary N) is 1. The van der Waals surface area contributed by atoms with E-state index in [1.165, 1.54) is 0 Å². The highest BCUT2D eigenvalue weighted by Crippen LogP contribution is 2.24. The standard InChI is InChI=1S/C11H19N3O2/c1-2-3-4-9(12)11-13-10(14-16-11)8-5-6-15-7-8/h8-9H,2-7,12H2,1H3/t8?,9-/m0/s1. The summed E-state index contributed by atoms with van der Waals surface area (Å²) in [5.41, 5.74) is 5.97. The fourth-order valence-corrected chi connectivity index (χ4v) is 1.85. The van der Waals surface area contributed by atoms with Crippen LogP contribution in [0.25, 0.3) is 0 Å². The summed E-state index contributed by atoms with van der Waals surface area (Å²) < 4.78 is 10.5. The monoisotopic (exact) mass is 225 g/mol. The highest BCUT2D eigenvalue weighted by atomic mass is 16.5. The Morgan fingerprint density at radius 1 is 1.56 bits per heavy atom. The maximum Gasteiger partial charge on any atom is 0.243 e. The van der Waals surface area contributed by atoms with E-state index in [9.17, 15) is 0 Å². The molecule has 1 aliphatic heterocycles. The van der Waals surface area contributed by atoms with E-state index >= 15 is 0 Å². The lowest BCUT2D eigenvalue weighted by Crippen LogP contribution is -2.11. The predicted octanol–water partition coefficient (Wildman–Crippen LogP) is 1.76. The van der Waals surface area contributed by atoms with Crippen LogP contribution in [0, 0.1) is 0 Å². The van der Waals surface area contributed by atoms with Crippen LogP contribution in [0.3, 0.4) is 0 Å². The van der Waals surface area contributed by atoms with Gasteiger partial charge < -0.3 is 15.0 Å². The zero-order chi connectivity index (χ0) is 11.4. The van der Waals surface area contributed by atoms with Crippen molar-refractivity contribution in [3.8, 4) is 0 Å². The Morgan fingerprint density at radius 2 is 2.44 bits per heavy atom. The summed E-state index contributed by atoms with van der Waals surface area (Å²) in [6.07, 6.45) is 4.10. The van der Waals surface area contributed by atoms with Crippen LogP contribution in [0.2, 0.25) is 0 Å². The first-order valence-electron chi connectivity index (χ1n) is 5.98. The quantitative estimate of drug-likeness (QED) is 0.826. The van der Waals surface area contributed by atoms with Gasteiger partial charge in [-0.25, -0.2) is 0 Å². The van der Waals surface area contributed by atoms with Crippen molar-refractivity contribution >= 4 is 0 Å². The van der Waals surface area contributed by atoms with Crippen LogP contribution in [-0.2, 0) is 4.74 Å². The average molecular weight is 225 g/mol. The van der Waals surface area contributed by atoms with Gasteiger partial charge in [-0.05, 0) is 12.8 Å². The Bertz CT molecular complexity index is 321. The molecule has 0 bridgehead atoms. The molecule has 0 spiro atoms. The Hall–Kier alpha value is -0.940. The number of ether oxygens (including phenoxy) is 1. The van der Waals surface area contributed by atoms with Gasteiger partial charge in [-0.1, -0.05) is 24.9 Å². The lowest BCUT2D eigenvalue weighted by molar-refractivity contribution is 0.192. The third-order valence-corrected chi connectivity index (χ3v) is 2.94. The molecule has 1 aliphatic rings. The van der Waals surface area contributed by atoms with Gasteiger partial charge >= 0.3 is 0 Å². The minimum absolute atomic E-state index is 0.122. The molecule has 0 amide bonds. The largest absolute Gasteiger partial charge is 0.381 e. The van der Waals surface area contributed by atoms with E-state index in [2.05, 4.69) is 17.1 Å². The molecule has 2 atom stereocenters. The summed E-state index contributed by atoms with van der Waals surface area (Å²) >= 11 is 0. The second-order valence-electron chi connectivity index (χ2n) is 4.30. The zero-order valence-electron chi connectivity index (χ0n) is 9.69. The van der Waals surface area contributed by atoms with Crippen LogP contribution < -0.4 is 5.73 Å². The molecule has 1 saturated heterocycles. The van der Waals surface area contributed by atoms with Gasteiger partial charge in [-0.3, -0.25) is 0 Å². The van der Waals surface area contributed by atoms with E-state index in [1.807, 2.05) is 0 Å². The number of hydrogen-bond acceptors (Lipinski definition) is 5. The third-order valence-electron chi connectivity index (χ3n) is 2.94. The number of nitrogens with zero attached hydrogens (tertiary/aromatic N) is 2. The van der Waals surface area contributed by atoms with E-state index in [1.54, 1.807) is 0 Å². The maximum absolute atomic E-state index is 5.97. The zero-order valence-corrected chi connectivity index (χ0v) is 9.69. The Balaban J connectivity index is 1.95. The lowest BCUT2D eigenvalue weighted by atomic mass is 10.1. The average Bonchev–Trinajstić information content (AvgIpc) is 2.94. The molecule has 90 valence electrons. The lowest BCUT2D eigenvalue weighted by Gasteiger charge is -2.04. The van der Waals surface area contributed by atoms with Gasteiger partial charge in [0.2, 0.25) is 5.89 Å². The van der Waals surface area contributed by atoms with Crippen LogP contribution >= 0.6 is 0 Å². The Morgan fingerprint density at radius 3 is 3.12 bits per heavy atom. The first-order valence-corrected chi connectivity index (χ1v) is 5.98. The smallest absolute Gasteiger partial charge is 0.243 e. The maximum atomic E-state index is 5.97. The van der Waals surface area contributed by atoms with Gasteiger partial charge in [0.05, 0.1) is 12.6 Å². The van der Waals surface area contributed by atoms with Crippen molar-refractivity contribution in [1.82, 2.24) is 10.1 Å². The third kappa shape index (κ3) is 2.59. The molecular weight excluding hydrogens is 206 g/mol. The van der Waals surface area contributed by atoms with Crippen molar-refractivity contribution in [3.05, 3.63) is 11.7 Å². The summed E-state index contributed by atoms with van der Waals surface area (Å²) in [7, 11) is 0. The van der Waals surface area contributed by atoms with Crippen molar-refractivity contribution < 1.29 is 9.26 Å². The summed E-state index contributed by atoms with van der Waals surface area (Å²) in [5.74, 6) is 1.60.